The van der Waals surface area contributed by atoms with E-state index in [9.17, 15) is 18.4 Å². The SMILES string of the molecule is COc1cccc(C(CNC(=O)C(NC(=O)c2c(F)cccc2F)C(C)C)N2CCCC2)c1. The second kappa shape index (κ2) is 11.2. The van der Waals surface area contributed by atoms with Crippen molar-refractivity contribution >= 4 is 11.8 Å². The lowest BCUT2D eigenvalue weighted by molar-refractivity contribution is -0.124. The first-order chi connectivity index (χ1) is 15.8. The zero-order chi connectivity index (χ0) is 24.0. The number of benzene rings is 2. The van der Waals surface area contributed by atoms with Crippen LogP contribution in [0.2, 0.25) is 0 Å². The highest BCUT2D eigenvalue weighted by molar-refractivity contribution is 5.98. The highest BCUT2D eigenvalue weighted by Gasteiger charge is 2.29. The van der Waals surface area contributed by atoms with Crippen LogP contribution in [0.1, 0.15) is 48.7 Å². The van der Waals surface area contributed by atoms with Crippen molar-refractivity contribution in [2.75, 3.05) is 26.7 Å². The molecule has 178 valence electrons. The molecule has 8 heteroatoms. The Hall–Kier alpha value is -3.00. The number of hydrogen-bond acceptors (Lipinski definition) is 4. The summed E-state index contributed by atoms with van der Waals surface area (Å²) in [7, 11) is 1.61. The average molecular weight is 460 g/mol. The molecule has 0 radical (unpaired) electrons. The van der Waals surface area contributed by atoms with Gasteiger partial charge in [0.1, 0.15) is 29.0 Å². The first-order valence-electron chi connectivity index (χ1n) is 11.2. The fourth-order valence-electron chi connectivity index (χ4n) is 4.13. The van der Waals surface area contributed by atoms with Crippen LogP contribution in [0.5, 0.6) is 5.75 Å². The number of nitrogens with one attached hydrogen (secondary N) is 2. The van der Waals surface area contributed by atoms with Gasteiger partial charge in [-0.25, -0.2) is 8.78 Å². The fraction of sp³-hybridized carbons (Fsp3) is 0.440. The smallest absolute Gasteiger partial charge is 0.257 e. The number of ether oxygens (including phenoxy) is 1. The van der Waals surface area contributed by atoms with Gasteiger partial charge < -0.3 is 15.4 Å². The van der Waals surface area contributed by atoms with Crippen LogP contribution in [0.4, 0.5) is 8.78 Å². The molecule has 1 aliphatic rings. The molecule has 0 spiro atoms. The number of nitrogens with zero attached hydrogens (tertiary/aromatic N) is 1. The van der Waals surface area contributed by atoms with E-state index < -0.39 is 35.1 Å². The van der Waals surface area contributed by atoms with Crippen molar-refractivity contribution < 1.29 is 23.1 Å². The molecule has 2 aromatic rings. The molecule has 6 nitrogen and oxygen atoms in total. The van der Waals surface area contributed by atoms with Crippen LogP contribution in [0.25, 0.3) is 0 Å². The van der Waals surface area contributed by atoms with E-state index in [1.165, 1.54) is 6.07 Å². The van der Waals surface area contributed by atoms with Crippen LogP contribution in [0, 0.1) is 17.6 Å². The topological polar surface area (TPSA) is 70.7 Å². The van der Waals surface area contributed by atoms with E-state index in [0.29, 0.717) is 6.54 Å². The minimum absolute atomic E-state index is 0.0564. The van der Waals surface area contributed by atoms with Gasteiger partial charge in [0.05, 0.1) is 13.2 Å². The molecule has 2 atom stereocenters. The molecule has 2 unspecified atom stereocenters. The van der Waals surface area contributed by atoms with Gasteiger partial charge in [-0.3, -0.25) is 14.5 Å². The largest absolute Gasteiger partial charge is 0.497 e. The number of likely N-dealkylation sites (tertiary alicyclic amines) is 1. The molecule has 0 aromatic heterocycles. The van der Waals surface area contributed by atoms with E-state index in [1.807, 2.05) is 24.3 Å². The predicted octanol–water partition coefficient (Wildman–Crippen LogP) is 3.68. The normalized spacial score (nSPS) is 15.8. The van der Waals surface area contributed by atoms with Crippen LogP contribution in [-0.4, -0.2) is 49.5 Å². The first kappa shape index (κ1) is 24.6. The molecule has 33 heavy (non-hydrogen) atoms. The van der Waals surface area contributed by atoms with Gasteiger partial charge in [-0.1, -0.05) is 32.0 Å². The van der Waals surface area contributed by atoms with Crippen LogP contribution in [0.15, 0.2) is 42.5 Å². The number of rotatable bonds is 9. The summed E-state index contributed by atoms with van der Waals surface area (Å²) in [6, 6.07) is 9.95. The molecule has 1 saturated heterocycles. The first-order valence-corrected chi connectivity index (χ1v) is 11.2. The summed E-state index contributed by atoms with van der Waals surface area (Å²) in [6.07, 6.45) is 2.18. The van der Waals surface area contributed by atoms with E-state index >= 15 is 0 Å². The van der Waals surface area contributed by atoms with Crippen LogP contribution >= 0.6 is 0 Å². The quantitative estimate of drug-likeness (QED) is 0.600. The van der Waals surface area contributed by atoms with Crippen molar-refractivity contribution in [3.8, 4) is 5.75 Å². The summed E-state index contributed by atoms with van der Waals surface area (Å²) in [4.78, 5) is 27.9. The molecule has 1 aliphatic heterocycles. The second-order valence-electron chi connectivity index (χ2n) is 8.57. The van der Waals surface area contributed by atoms with Crippen molar-refractivity contribution in [3.63, 3.8) is 0 Å². The van der Waals surface area contributed by atoms with E-state index in [4.69, 9.17) is 4.74 Å². The highest BCUT2D eigenvalue weighted by atomic mass is 19.1. The van der Waals surface area contributed by atoms with Crippen molar-refractivity contribution in [1.82, 2.24) is 15.5 Å². The van der Waals surface area contributed by atoms with Crippen molar-refractivity contribution in [2.24, 2.45) is 5.92 Å². The van der Waals surface area contributed by atoms with Gasteiger partial charge in [-0.15, -0.1) is 0 Å². The molecule has 0 bridgehead atoms. The molecular formula is C25H31F2N3O3. The number of carbonyl (C=O) groups is 2. The zero-order valence-electron chi connectivity index (χ0n) is 19.2. The van der Waals surface area contributed by atoms with Gasteiger partial charge in [-0.05, 0) is 61.7 Å². The third-order valence-electron chi connectivity index (χ3n) is 5.96. The lowest BCUT2D eigenvalue weighted by Gasteiger charge is -2.30. The molecule has 1 fully saturated rings. The van der Waals surface area contributed by atoms with E-state index in [-0.39, 0.29) is 12.0 Å². The van der Waals surface area contributed by atoms with Gasteiger partial charge in [-0.2, -0.15) is 0 Å². The summed E-state index contributed by atoms with van der Waals surface area (Å²) >= 11 is 0. The maximum atomic E-state index is 14.0. The Kier molecular flexibility index (Phi) is 8.38. The predicted molar refractivity (Wildman–Crippen MR) is 122 cm³/mol. The molecule has 2 N–H and O–H groups in total. The molecule has 2 aromatic carbocycles. The minimum atomic E-state index is -0.970. The lowest BCUT2D eigenvalue weighted by Crippen LogP contribution is -2.51. The summed E-state index contributed by atoms with van der Waals surface area (Å²) < 4.78 is 33.4. The van der Waals surface area contributed by atoms with Crippen LogP contribution in [-0.2, 0) is 4.79 Å². The summed E-state index contributed by atoms with van der Waals surface area (Å²) in [5.41, 5.74) is 0.331. The molecule has 2 amide bonds. The average Bonchev–Trinajstić information content (AvgIpc) is 3.32. The third kappa shape index (κ3) is 6.07. The Bertz CT molecular complexity index is 957. The molecule has 0 saturated carbocycles. The fourth-order valence-corrected chi connectivity index (χ4v) is 4.13. The molecule has 0 aliphatic carbocycles. The van der Waals surface area contributed by atoms with Crippen LogP contribution < -0.4 is 15.4 Å². The van der Waals surface area contributed by atoms with Gasteiger partial charge in [0.15, 0.2) is 0 Å². The standard InChI is InChI=1S/C25H31F2N3O3/c1-16(2)23(29-24(31)22-19(26)10-7-11-20(22)27)25(32)28-15-21(30-12-4-5-13-30)17-8-6-9-18(14-17)33-3/h6-11,14,16,21,23H,4-5,12-13,15H2,1-3H3,(H,28,32)(H,29,31). The third-order valence-corrected chi connectivity index (χ3v) is 5.96. The van der Waals surface area contributed by atoms with Gasteiger partial charge in [0.2, 0.25) is 5.91 Å². The Morgan fingerprint density at radius 2 is 1.70 bits per heavy atom. The molecular weight excluding hydrogens is 428 g/mol. The Balaban J connectivity index is 1.73. The number of hydrogen-bond donors (Lipinski definition) is 2. The number of halogens is 2. The second-order valence-corrected chi connectivity index (χ2v) is 8.57. The van der Waals surface area contributed by atoms with E-state index in [0.717, 1.165) is 49.4 Å². The number of methoxy groups -OCH3 is 1. The monoisotopic (exact) mass is 459 g/mol. The van der Waals surface area contributed by atoms with Gasteiger partial charge in [0.25, 0.3) is 5.91 Å². The van der Waals surface area contributed by atoms with Gasteiger partial charge >= 0.3 is 0 Å². The number of amides is 2. The zero-order valence-corrected chi connectivity index (χ0v) is 19.2. The maximum absolute atomic E-state index is 14.0. The Morgan fingerprint density at radius 3 is 2.30 bits per heavy atom. The Labute approximate surface area is 193 Å². The summed E-state index contributed by atoms with van der Waals surface area (Å²) in [5.74, 6) is -2.84. The number of carbonyl (C=O) groups excluding carboxylic acids is 2. The lowest BCUT2D eigenvalue weighted by atomic mass is 10.0. The van der Waals surface area contributed by atoms with E-state index in [2.05, 4.69) is 15.5 Å². The van der Waals surface area contributed by atoms with Crippen molar-refractivity contribution in [3.05, 3.63) is 65.2 Å². The highest BCUT2D eigenvalue weighted by Crippen LogP contribution is 2.27. The maximum Gasteiger partial charge on any atom is 0.257 e. The van der Waals surface area contributed by atoms with E-state index in [1.54, 1.807) is 21.0 Å². The van der Waals surface area contributed by atoms with Crippen molar-refractivity contribution in [2.45, 2.75) is 38.8 Å². The molecule has 3 rings (SSSR count). The van der Waals surface area contributed by atoms with Gasteiger partial charge in [0, 0.05) is 6.54 Å². The molecule has 1 heterocycles. The minimum Gasteiger partial charge on any atom is -0.497 e. The summed E-state index contributed by atoms with van der Waals surface area (Å²) in [6.45, 7) is 5.72. The van der Waals surface area contributed by atoms with Crippen LogP contribution in [0.3, 0.4) is 0 Å². The Morgan fingerprint density at radius 1 is 1.06 bits per heavy atom. The summed E-state index contributed by atoms with van der Waals surface area (Å²) in [5, 5.41) is 5.44. The van der Waals surface area contributed by atoms with Crippen molar-refractivity contribution in [1.29, 1.82) is 0 Å².